The second kappa shape index (κ2) is 4.49. The van der Waals surface area contributed by atoms with Crippen molar-refractivity contribution in [2.24, 2.45) is 5.41 Å². The summed E-state index contributed by atoms with van der Waals surface area (Å²) < 4.78 is 5.55. The molecule has 0 aromatic carbocycles. The summed E-state index contributed by atoms with van der Waals surface area (Å²) in [7, 11) is 0. The smallest absolute Gasteiger partial charge is 0.235 e. The fourth-order valence-corrected chi connectivity index (χ4v) is 1.92. The van der Waals surface area contributed by atoms with Crippen LogP contribution in [0.1, 0.15) is 27.2 Å². The molecule has 1 fully saturated rings. The van der Waals surface area contributed by atoms with Gasteiger partial charge >= 0.3 is 0 Å². The Balaban J connectivity index is 2.42. The average Bonchev–Trinajstić information content (AvgIpc) is 2.16. The summed E-state index contributed by atoms with van der Waals surface area (Å²) in [6.07, 6.45) is 1.15. The van der Waals surface area contributed by atoms with Gasteiger partial charge in [0.05, 0.1) is 6.10 Å². The van der Waals surface area contributed by atoms with Crippen LogP contribution >= 0.6 is 11.6 Å². The Morgan fingerprint density at radius 1 is 1.64 bits per heavy atom. The number of nitrogens with one attached hydrogen (secondary N) is 1. The summed E-state index contributed by atoms with van der Waals surface area (Å²) in [5, 5.41) is 2.89. The molecule has 0 radical (unpaired) electrons. The zero-order valence-corrected chi connectivity index (χ0v) is 9.73. The highest BCUT2D eigenvalue weighted by atomic mass is 35.5. The van der Waals surface area contributed by atoms with E-state index in [1.165, 1.54) is 0 Å². The van der Waals surface area contributed by atoms with Crippen LogP contribution in [0.2, 0.25) is 0 Å². The maximum absolute atomic E-state index is 11.1. The van der Waals surface area contributed by atoms with E-state index < -0.39 is 0 Å². The molecule has 1 aliphatic carbocycles. The minimum absolute atomic E-state index is 0.0255. The van der Waals surface area contributed by atoms with E-state index in [2.05, 4.69) is 19.2 Å². The zero-order valence-electron chi connectivity index (χ0n) is 8.97. The maximum atomic E-state index is 11.1. The number of ether oxygens (including phenoxy) is 1. The first-order chi connectivity index (χ1) is 6.52. The molecule has 0 saturated heterocycles. The number of hydrogen-bond acceptors (Lipinski definition) is 2. The first kappa shape index (κ1) is 11.8. The molecule has 0 aromatic heterocycles. The molecule has 14 heavy (non-hydrogen) atoms. The molecule has 3 nitrogen and oxygen atoms in total. The van der Waals surface area contributed by atoms with E-state index in [4.69, 9.17) is 16.3 Å². The topological polar surface area (TPSA) is 38.3 Å². The second-order valence-corrected chi connectivity index (χ2v) is 4.52. The number of rotatable bonds is 4. The molecule has 1 amide bonds. The highest BCUT2D eigenvalue weighted by molar-refractivity contribution is 6.27. The van der Waals surface area contributed by atoms with E-state index in [-0.39, 0.29) is 29.3 Å². The molecule has 1 aliphatic rings. The Bertz CT molecular complexity index is 218. The fourth-order valence-electron chi connectivity index (χ4n) is 1.85. The lowest BCUT2D eigenvalue weighted by Gasteiger charge is -2.51. The zero-order chi connectivity index (χ0) is 10.8. The number of carbonyl (C=O) groups is 1. The monoisotopic (exact) mass is 219 g/mol. The fraction of sp³-hybridized carbons (Fsp3) is 0.900. The van der Waals surface area contributed by atoms with Crippen molar-refractivity contribution in [3.05, 3.63) is 0 Å². The van der Waals surface area contributed by atoms with Gasteiger partial charge in [0.15, 0.2) is 0 Å². The van der Waals surface area contributed by atoms with Crippen molar-refractivity contribution in [3.8, 4) is 0 Å². The van der Waals surface area contributed by atoms with E-state index in [1.54, 1.807) is 0 Å². The van der Waals surface area contributed by atoms with Gasteiger partial charge in [0.2, 0.25) is 5.91 Å². The largest absolute Gasteiger partial charge is 0.378 e. The van der Waals surface area contributed by atoms with Crippen LogP contribution in [0.25, 0.3) is 0 Å². The molecular weight excluding hydrogens is 202 g/mol. The number of amides is 1. The maximum Gasteiger partial charge on any atom is 0.235 e. The van der Waals surface area contributed by atoms with Crippen LogP contribution in [0.4, 0.5) is 0 Å². The van der Waals surface area contributed by atoms with Crippen molar-refractivity contribution in [1.82, 2.24) is 5.32 Å². The summed E-state index contributed by atoms with van der Waals surface area (Å²) in [4.78, 5) is 11.1. The third kappa shape index (κ3) is 2.20. The first-order valence-corrected chi connectivity index (χ1v) is 5.52. The Labute approximate surface area is 90.1 Å². The second-order valence-electron chi connectivity index (χ2n) is 4.25. The lowest BCUT2D eigenvalue weighted by molar-refractivity contribution is -0.134. The predicted octanol–water partition coefficient (Wildman–Crippen LogP) is 1.54. The average molecular weight is 220 g/mol. The SMILES string of the molecule is CCOC1CC(NC(=O)CCl)C1(C)C. The summed E-state index contributed by atoms with van der Waals surface area (Å²) in [5.41, 5.74) is 0.0255. The summed E-state index contributed by atoms with van der Waals surface area (Å²) in [6, 6.07) is 0.199. The number of halogens is 1. The van der Waals surface area contributed by atoms with Gasteiger partial charge in [-0.2, -0.15) is 0 Å². The Morgan fingerprint density at radius 2 is 2.29 bits per heavy atom. The summed E-state index contributed by atoms with van der Waals surface area (Å²) in [5.74, 6) is -0.0639. The Hall–Kier alpha value is -0.280. The van der Waals surface area contributed by atoms with Gasteiger partial charge in [-0.15, -0.1) is 11.6 Å². The van der Waals surface area contributed by atoms with E-state index >= 15 is 0 Å². The molecule has 0 bridgehead atoms. The number of alkyl halides is 1. The standard InChI is InChI=1S/C10H18ClNO2/c1-4-14-8-5-7(10(8,2)3)12-9(13)6-11/h7-8H,4-6H2,1-3H3,(H,12,13). The van der Waals surface area contributed by atoms with E-state index in [0.29, 0.717) is 0 Å². The quantitative estimate of drug-likeness (QED) is 0.729. The lowest BCUT2D eigenvalue weighted by atomic mass is 9.64. The van der Waals surface area contributed by atoms with Crippen LogP contribution in [0.15, 0.2) is 0 Å². The van der Waals surface area contributed by atoms with Crippen molar-refractivity contribution in [3.63, 3.8) is 0 Å². The predicted molar refractivity (Wildman–Crippen MR) is 56.5 cm³/mol. The first-order valence-electron chi connectivity index (χ1n) is 4.99. The molecule has 1 rings (SSSR count). The van der Waals surface area contributed by atoms with Crippen molar-refractivity contribution in [2.45, 2.75) is 39.3 Å². The van der Waals surface area contributed by atoms with Crippen LogP contribution < -0.4 is 5.32 Å². The van der Waals surface area contributed by atoms with Crippen LogP contribution in [-0.4, -0.2) is 30.5 Å². The third-order valence-electron chi connectivity index (χ3n) is 3.00. The molecule has 0 aliphatic heterocycles. The van der Waals surface area contributed by atoms with Gasteiger partial charge < -0.3 is 10.1 Å². The van der Waals surface area contributed by atoms with Gasteiger partial charge in [-0.3, -0.25) is 4.79 Å². The van der Waals surface area contributed by atoms with E-state index in [1.807, 2.05) is 6.92 Å². The molecule has 1 N–H and O–H groups in total. The molecule has 0 spiro atoms. The molecule has 0 aromatic rings. The van der Waals surface area contributed by atoms with Crippen LogP contribution in [0.3, 0.4) is 0 Å². The van der Waals surface area contributed by atoms with Gasteiger partial charge in [-0.1, -0.05) is 13.8 Å². The highest BCUT2D eigenvalue weighted by Gasteiger charge is 2.49. The summed E-state index contributed by atoms with van der Waals surface area (Å²) in [6.45, 7) is 6.93. The van der Waals surface area contributed by atoms with Gasteiger partial charge in [0.25, 0.3) is 0 Å². The van der Waals surface area contributed by atoms with Crippen molar-refractivity contribution in [2.75, 3.05) is 12.5 Å². The van der Waals surface area contributed by atoms with Gasteiger partial charge in [0.1, 0.15) is 5.88 Å². The van der Waals surface area contributed by atoms with Crippen molar-refractivity contribution < 1.29 is 9.53 Å². The van der Waals surface area contributed by atoms with Gasteiger partial charge in [0, 0.05) is 18.1 Å². The minimum Gasteiger partial charge on any atom is -0.378 e. The molecular formula is C10H18ClNO2. The Kier molecular flexibility index (Phi) is 3.78. The van der Waals surface area contributed by atoms with Crippen molar-refractivity contribution >= 4 is 17.5 Å². The highest BCUT2D eigenvalue weighted by Crippen LogP contribution is 2.42. The normalized spacial score (nSPS) is 29.4. The molecule has 82 valence electrons. The number of carbonyl (C=O) groups excluding carboxylic acids is 1. The minimum atomic E-state index is -0.0975. The van der Waals surface area contributed by atoms with Gasteiger partial charge in [-0.05, 0) is 13.3 Å². The summed E-state index contributed by atoms with van der Waals surface area (Å²) >= 11 is 5.42. The molecule has 4 heteroatoms. The Morgan fingerprint density at radius 3 is 2.71 bits per heavy atom. The molecule has 1 saturated carbocycles. The van der Waals surface area contributed by atoms with Crippen LogP contribution in [0, 0.1) is 5.41 Å². The van der Waals surface area contributed by atoms with E-state index in [9.17, 15) is 4.79 Å². The van der Waals surface area contributed by atoms with E-state index in [0.717, 1.165) is 13.0 Å². The third-order valence-corrected chi connectivity index (χ3v) is 3.24. The van der Waals surface area contributed by atoms with Crippen LogP contribution in [0.5, 0.6) is 0 Å². The number of hydrogen-bond donors (Lipinski definition) is 1. The van der Waals surface area contributed by atoms with Crippen LogP contribution in [-0.2, 0) is 9.53 Å². The lowest BCUT2D eigenvalue weighted by Crippen LogP contribution is -2.62. The molecule has 2 unspecified atom stereocenters. The molecule has 2 atom stereocenters. The van der Waals surface area contributed by atoms with Gasteiger partial charge in [-0.25, -0.2) is 0 Å². The molecule has 0 heterocycles. The van der Waals surface area contributed by atoms with Crippen molar-refractivity contribution in [1.29, 1.82) is 0 Å².